The molecule has 0 aliphatic rings. The molecule has 0 unspecified atom stereocenters. The van der Waals surface area contributed by atoms with E-state index in [1.165, 1.54) is 13.2 Å². The molecular formula is C20H21N3O5S. The van der Waals surface area contributed by atoms with Crippen LogP contribution in [0, 0.1) is 11.3 Å². The second-order valence-electron chi connectivity index (χ2n) is 6.07. The number of nitriles is 1. The Balaban J connectivity index is 2.20. The summed E-state index contributed by atoms with van der Waals surface area (Å²) < 4.78 is 30.8. The van der Waals surface area contributed by atoms with Crippen LogP contribution in [0.4, 0.5) is 0 Å². The smallest absolute Gasteiger partial charge is 0.255 e. The average Bonchev–Trinajstić information content (AvgIpc) is 2.72. The number of nitrogens with zero attached hydrogens (tertiary/aromatic N) is 1. The maximum absolute atomic E-state index is 12.9. The van der Waals surface area contributed by atoms with E-state index in [1.54, 1.807) is 54.6 Å². The summed E-state index contributed by atoms with van der Waals surface area (Å²) in [5.74, 6) is -1.47. The molecule has 0 radical (unpaired) electrons. The number of ether oxygens (including phenoxy) is 1. The summed E-state index contributed by atoms with van der Waals surface area (Å²) in [5.41, 5.74) is 0.730. The zero-order valence-electron chi connectivity index (χ0n) is 15.8. The molecule has 0 aliphatic carbocycles. The Labute approximate surface area is 169 Å². The van der Waals surface area contributed by atoms with Crippen molar-refractivity contribution in [2.45, 2.75) is 11.0 Å². The van der Waals surface area contributed by atoms with E-state index in [0.29, 0.717) is 11.3 Å². The van der Waals surface area contributed by atoms with Crippen molar-refractivity contribution in [3.05, 3.63) is 65.7 Å². The first-order chi connectivity index (χ1) is 13.9. The molecule has 0 heterocycles. The summed E-state index contributed by atoms with van der Waals surface area (Å²) in [4.78, 5) is 24.9. The molecule has 8 nitrogen and oxygen atoms in total. The van der Waals surface area contributed by atoms with Gasteiger partial charge in [0.2, 0.25) is 5.91 Å². The van der Waals surface area contributed by atoms with Crippen molar-refractivity contribution in [3.8, 4) is 11.8 Å². The van der Waals surface area contributed by atoms with E-state index >= 15 is 0 Å². The van der Waals surface area contributed by atoms with Gasteiger partial charge in [0, 0.05) is 6.54 Å². The fourth-order valence-electron chi connectivity index (χ4n) is 2.64. The molecule has 152 valence electrons. The van der Waals surface area contributed by atoms with Crippen LogP contribution in [0.2, 0.25) is 0 Å². The van der Waals surface area contributed by atoms with Gasteiger partial charge in [-0.05, 0) is 17.7 Å². The predicted octanol–water partition coefficient (Wildman–Crippen LogP) is 1.05. The largest absolute Gasteiger partial charge is 0.496 e. The van der Waals surface area contributed by atoms with E-state index < -0.39 is 33.4 Å². The van der Waals surface area contributed by atoms with Crippen molar-refractivity contribution in [1.82, 2.24) is 10.6 Å². The fourth-order valence-corrected chi connectivity index (χ4v) is 4.25. The zero-order chi connectivity index (χ0) is 21.3. The minimum absolute atomic E-state index is 0.214. The molecule has 0 aromatic heterocycles. The number of para-hydroxylation sites is 1. The SMILES string of the molecule is COc1ccccc1C(=O)NC[C@H](C(=O)NCC#N)S(=O)(=O)Cc1ccccc1. The molecule has 2 amide bonds. The van der Waals surface area contributed by atoms with E-state index in [-0.39, 0.29) is 17.9 Å². The first kappa shape index (κ1) is 21.9. The van der Waals surface area contributed by atoms with E-state index in [2.05, 4.69) is 10.6 Å². The molecule has 0 saturated heterocycles. The highest BCUT2D eigenvalue weighted by molar-refractivity contribution is 7.92. The quantitative estimate of drug-likeness (QED) is 0.590. The lowest BCUT2D eigenvalue weighted by Gasteiger charge is -2.18. The maximum Gasteiger partial charge on any atom is 0.255 e. The highest BCUT2D eigenvalue weighted by Crippen LogP contribution is 2.17. The van der Waals surface area contributed by atoms with Crippen LogP contribution < -0.4 is 15.4 Å². The molecule has 1 atom stereocenters. The van der Waals surface area contributed by atoms with Gasteiger partial charge in [-0.25, -0.2) is 8.42 Å². The van der Waals surface area contributed by atoms with Gasteiger partial charge in [-0.15, -0.1) is 0 Å². The Hall–Kier alpha value is -3.38. The third-order valence-electron chi connectivity index (χ3n) is 4.08. The maximum atomic E-state index is 12.9. The molecule has 2 aromatic rings. The predicted molar refractivity (Wildman–Crippen MR) is 107 cm³/mol. The second kappa shape index (κ2) is 10.2. The Morgan fingerprint density at radius 3 is 2.38 bits per heavy atom. The highest BCUT2D eigenvalue weighted by atomic mass is 32.2. The van der Waals surface area contributed by atoms with Crippen molar-refractivity contribution < 1.29 is 22.7 Å². The van der Waals surface area contributed by atoms with Crippen molar-refractivity contribution in [2.75, 3.05) is 20.2 Å². The van der Waals surface area contributed by atoms with Gasteiger partial charge in [0.1, 0.15) is 12.3 Å². The van der Waals surface area contributed by atoms with Gasteiger partial charge in [-0.1, -0.05) is 42.5 Å². The topological polar surface area (TPSA) is 125 Å². The molecule has 2 rings (SSSR count). The van der Waals surface area contributed by atoms with Crippen LogP contribution in [0.25, 0.3) is 0 Å². The lowest BCUT2D eigenvalue weighted by Crippen LogP contribution is -2.47. The van der Waals surface area contributed by atoms with Crippen LogP contribution in [0.3, 0.4) is 0 Å². The van der Waals surface area contributed by atoms with Gasteiger partial charge in [-0.3, -0.25) is 9.59 Å². The van der Waals surface area contributed by atoms with Crippen molar-refractivity contribution >= 4 is 21.7 Å². The van der Waals surface area contributed by atoms with Crippen LogP contribution >= 0.6 is 0 Å². The standard InChI is InChI=1S/C20H21N3O5S/c1-28-17-10-6-5-9-16(17)19(24)23-13-18(20(25)22-12-11-21)29(26,27)14-15-7-3-2-4-8-15/h2-10,18H,12-14H2,1H3,(H,22,25)(H,23,24)/t18-/m1/s1. The molecule has 29 heavy (non-hydrogen) atoms. The van der Waals surface area contributed by atoms with Gasteiger partial charge in [0.05, 0.1) is 24.5 Å². The first-order valence-corrected chi connectivity index (χ1v) is 10.4. The number of hydrogen-bond donors (Lipinski definition) is 2. The Bertz CT molecular complexity index is 1000. The van der Waals surface area contributed by atoms with Gasteiger partial charge in [-0.2, -0.15) is 5.26 Å². The van der Waals surface area contributed by atoms with Crippen LogP contribution in [-0.2, 0) is 20.4 Å². The highest BCUT2D eigenvalue weighted by Gasteiger charge is 2.33. The average molecular weight is 415 g/mol. The lowest BCUT2D eigenvalue weighted by molar-refractivity contribution is -0.120. The number of carbonyl (C=O) groups excluding carboxylic acids is 2. The van der Waals surface area contributed by atoms with Crippen molar-refractivity contribution in [2.24, 2.45) is 0 Å². The number of nitrogens with one attached hydrogen (secondary N) is 2. The number of amides is 2. The molecule has 0 aliphatic heterocycles. The molecule has 2 N–H and O–H groups in total. The number of hydrogen-bond acceptors (Lipinski definition) is 6. The van der Waals surface area contributed by atoms with E-state index in [0.717, 1.165) is 0 Å². The Morgan fingerprint density at radius 2 is 1.72 bits per heavy atom. The second-order valence-corrected chi connectivity index (χ2v) is 8.25. The molecule has 0 saturated carbocycles. The van der Waals surface area contributed by atoms with Gasteiger partial charge in [0.15, 0.2) is 15.1 Å². The summed E-state index contributed by atoms with van der Waals surface area (Å²) in [5, 5.41) is 11.9. The summed E-state index contributed by atoms with van der Waals surface area (Å²) >= 11 is 0. The minimum atomic E-state index is -3.97. The van der Waals surface area contributed by atoms with Crippen LogP contribution in [0.15, 0.2) is 54.6 Å². The molecule has 0 spiro atoms. The fraction of sp³-hybridized carbons (Fsp3) is 0.250. The molecular weight excluding hydrogens is 394 g/mol. The first-order valence-electron chi connectivity index (χ1n) is 8.70. The molecule has 0 bridgehead atoms. The molecule has 0 fully saturated rings. The number of carbonyl (C=O) groups is 2. The third kappa shape index (κ3) is 6.05. The van der Waals surface area contributed by atoms with Crippen LogP contribution in [0.1, 0.15) is 15.9 Å². The third-order valence-corrected chi connectivity index (χ3v) is 6.06. The van der Waals surface area contributed by atoms with Gasteiger partial charge >= 0.3 is 0 Å². The van der Waals surface area contributed by atoms with Gasteiger partial charge in [0.25, 0.3) is 5.91 Å². The van der Waals surface area contributed by atoms with Gasteiger partial charge < -0.3 is 15.4 Å². The lowest BCUT2D eigenvalue weighted by atomic mass is 10.2. The van der Waals surface area contributed by atoms with Crippen molar-refractivity contribution in [1.29, 1.82) is 5.26 Å². The van der Waals surface area contributed by atoms with Crippen molar-refractivity contribution in [3.63, 3.8) is 0 Å². The summed E-state index contributed by atoms with van der Waals surface area (Å²) in [6.07, 6.45) is 0. The number of methoxy groups -OCH3 is 1. The van der Waals surface area contributed by atoms with E-state index in [1.807, 2.05) is 0 Å². The number of rotatable bonds is 9. The summed E-state index contributed by atoms with van der Waals surface area (Å²) in [6.45, 7) is -0.778. The summed E-state index contributed by atoms with van der Waals surface area (Å²) in [6, 6.07) is 16.6. The summed E-state index contributed by atoms with van der Waals surface area (Å²) in [7, 11) is -2.55. The normalized spacial score (nSPS) is 11.7. The monoisotopic (exact) mass is 415 g/mol. The van der Waals surface area contributed by atoms with E-state index in [4.69, 9.17) is 10.00 Å². The number of sulfone groups is 1. The molecule has 2 aromatic carbocycles. The van der Waals surface area contributed by atoms with E-state index in [9.17, 15) is 18.0 Å². The van der Waals surface area contributed by atoms with Crippen LogP contribution in [-0.4, -0.2) is 45.7 Å². The molecule has 9 heteroatoms. The minimum Gasteiger partial charge on any atom is -0.496 e. The Morgan fingerprint density at radius 1 is 1.07 bits per heavy atom. The zero-order valence-corrected chi connectivity index (χ0v) is 16.6. The Kier molecular flexibility index (Phi) is 7.74. The van der Waals surface area contributed by atoms with Crippen LogP contribution in [0.5, 0.6) is 5.75 Å². The number of benzene rings is 2.